The molecule has 0 aliphatic rings. The molecule has 0 amide bonds. The van der Waals surface area contributed by atoms with Crippen LogP contribution < -0.4 is 4.74 Å². The van der Waals surface area contributed by atoms with E-state index in [1.54, 1.807) is 24.3 Å². The Kier molecular flexibility index (Phi) is 6.77. The molecule has 4 nitrogen and oxygen atoms in total. The van der Waals surface area contributed by atoms with E-state index < -0.39 is 29.8 Å². The first-order valence-corrected chi connectivity index (χ1v) is 9.39. The molecule has 0 heterocycles. The third-order valence-electron chi connectivity index (χ3n) is 4.44. The Bertz CT molecular complexity index is 1080. The molecule has 0 aliphatic carbocycles. The summed E-state index contributed by atoms with van der Waals surface area (Å²) in [5, 5.41) is 0.247. The molecule has 31 heavy (non-hydrogen) atoms. The number of ketones is 2. The van der Waals surface area contributed by atoms with E-state index in [-0.39, 0.29) is 16.1 Å². The maximum Gasteiger partial charge on any atom is 0.573 e. The highest BCUT2D eigenvalue weighted by atomic mass is 35.5. The molecule has 1 unspecified atom stereocenters. The molecule has 3 aromatic rings. The van der Waals surface area contributed by atoms with Gasteiger partial charge in [0.05, 0.1) is 0 Å². The molecule has 0 saturated carbocycles. The summed E-state index contributed by atoms with van der Waals surface area (Å²) in [6, 6.07) is 17.6. The summed E-state index contributed by atoms with van der Waals surface area (Å²) < 4.78 is 46.6. The van der Waals surface area contributed by atoms with E-state index in [4.69, 9.17) is 16.3 Å². The molecule has 8 heteroatoms. The minimum atomic E-state index is -4.81. The van der Waals surface area contributed by atoms with Crippen LogP contribution in [0.15, 0.2) is 72.8 Å². The van der Waals surface area contributed by atoms with Crippen LogP contribution in [0.2, 0.25) is 5.02 Å². The second-order valence-corrected chi connectivity index (χ2v) is 6.92. The third kappa shape index (κ3) is 5.51. The van der Waals surface area contributed by atoms with Gasteiger partial charge in [0.25, 0.3) is 0 Å². The Morgan fingerprint density at radius 2 is 1.55 bits per heavy atom. The number of alkyl halides is 3. The van der Waals surface area contributed by atoms with E-state index in [1.165, 1.54) is 43.5 Å². The van der Waals surface area contributed by atoms with Crippen LogP contribution in [0.25, 0.3) is 0 Å². The number of halogens is 4. The lowest BCUT2D eigenvalue weighted by molar-refractivity contribution is -0.274. The Balaban J connectivity index is 1.97. The Morgan fingerprint density at radius 3 is 2.13 bits per heavy atom. The van der Waals surface area contributed by atoms with E-state index in [0.29, 0.717) is 11.1 Å². The van der Waals surface area contributed by atoms with Crippen molar-refractivity contribution >= 4 is 23.2 Å². The van der Waals surface area contributed by atoms with Crippen LogP contribution in [0, 0.1) is 0 Å². The molecule has 0 saturated heterocycles. The smallest absolute Gasteiger partial charge is 0.406 e. The number of hydrogen-bond donors (Lipinski definition) is 0. The Morgan fingerprint density at radius 1 is 0.903 bits per heavy atom. The molecule has 3 rings (SSSR count). The normalized spacial score (nSPS) is 12.3. The molecule has 0 bridgehead atoms. The molecule has 0 fully saturated rings. The zero-order chi connectivity index (χ0) is 22.6. The quantitative estimate of drug-likeness (QED) is 0.326. The van der Waals surface area contributed by atoms with Crippen LogP contribution in [0.5, 0.6) is 5.75 Å². The second-order valence-electron chi connectivity index (χ2n) is 6.49. The fourth-order valence-electron chi connectivity index (χ4n) is 3.08. The Hall–Kier alpha value is -3.16. The van der Waals surface area contributed by atoms with Gasteiger partial charge in [-0.1, -0.05) is 60.1 Å². The maximum atomic E-state index is 13.0. The molecule has 0 radical (unpaired) electrons. The number of benzene rings is 3. The van der Waals surface area contributed by atoms with Crippen LogP contribution in [0.4, 0.5) is 13.2 Å². The van der Waals surface area contributed by atoms with Gasteiger partial charge in [-0.15, -0.1) is 13.2 Å². The SMILES string of the molecule is COC(c1ccc(OC(F)(F)F)cc1)c1ccc(Cl)cc1C(=O)C(=O)c1ccccc1. The van der Waals surface area contributed by atoms with E-state index in [0.717, 1.165) is 12.1 Å². The van der Waals surface area contributed by atoms with Gasteiger partial charge in [0.15, 0.2) is 0 Å². The molecular formula is C23H16ClF3O4. The largest absolute Gasteiger partial charge is 0.573 e. The van der Waals surface area contributed by atoms with Crippen molar-refractivity contribution in [2.45, 2.75) is 12.5 Å². The molecule has 0 aromatic heterocycles. The molecule has 160 valence electrons. The van der Waals surface area contributed by atoms with Crippen molar-refractivity contribution in [2.75, 3.05) is 7.11 Å². The van der Waals surface area contributed by atoms with Crippen molar-refractivity contribution in [3.05, 3.63) is 100 Å². The zero-order valence-electron chi connectivity index (χ0n) is 16.2. The lowest BCUT2D eigenvalue weighted by Gasteiger charge is -2.20. The van der Waals surface area contributed by atoms with Gasteiger partial charge in [-0.25, -0.2) is 0 Å². The molecule has 0 N–H and O–H groups in total. The van der Waals surface area contributed by atoms with Crippen molar-refractivity contribution < 1.29 is 32.2 Å². The highest BCUT2D eigenvalue weighted by Gasteiger charge is 2.31. The molecule has 1 atom stereocenters. The van der Waals surface area contributed by atoms with Crippen molar-refractivity contribution in [1.29, 1.82) is 0 Å². The van der Waals surface area contributed by atoms with Gasteiger partial charge in [0.1, 0.15) is 11.9 Å². The van der Waals surface area contributed by atoms with Crippen molar-refractivity contribution in [2.24, 2.45) is 0 Å². The lowest BCUT2D eigenvalue weighted by atomic mass is 9.92. The lowest BCUT2D eigenvalue weighted by Crippen LogP contribution is -2.19. The molecular weight excluding hydrogens is 433 g/mol. The summed E-state index contributed by atoms with van der Waals surface area (Å²) in [5.74, 6) is -1.88. The zero-order valence-corrected chi connectivity index (χ0v) is 16.9. The van der Waals surface area contributed by atoms with E-state index in [9.17, 15) is 22.8 Å². The van der Waals surface area contributed by atoms with Crippen LogP contribution in [-0.2, 0) is 4.74 Å². The van der Waals surface area contributed by atoms with E-state index in [2.05, 4.69) is 4.74 Å². The van der Waals surface area contributed by atoms with Gasteiger partial charge in [0, 0.05) is 23.3 Å². The van der Waals surface area contributed by atoms with Gasteiger partial charge in [-0.2, -0.15) is 0 Å². The fourth-order valence-corrected chi connectivity index (χ4v) is 3.26. The van der Waals surface area contributed by atoms with Gasteiger partial charge >= 0.3 is 6.36 Å². The first kappa shape index (κ1) is 22.5. The topological polar surface area (TPSA) is 52.6 Å². The average Bonchev–Trinajstić information content (AvgIpc) is 2.75. The van der Waals surface area contributed by atoms with Gasteiger partial charge < -0.3 is 9.47 Å². The van der Waals surface area contributed by atoms with Gasteiger partial charge in [0.2, 0.25) is 11.6 Å². The highest BCUT2D eigenvalue weighted by molar-refractivity contribution is 6.49. The van der Waals surface area contributed by atoms with E-state index in [1.807, 2.05) is 0 Å². The summed E-state index contributed by atoms with van der Waals surface area (Å²) in [6.45, 7) is 0. The summed E-state index contributed by atoms with van der Waals surface area (Å²) in [4.78, 5) is 25.6. The predicted molar refractivity (Wildman–Crippen MR) is 109 cm³/mol. The van der Waals surface area contributed by atoms with Crippen LogP contribution in [0.3, 0.4) is 0 Å². The Labute approximate surface area is 181 Å². The van der Waals surface area contributed by atoms with Crippen LogP contribution in [0.1, 0.15) is 37.9 Å². The van der Waals surface area contributed by atoms with Gasteiger partial charge in [-0.05, 0) is 35.4 Å². The summed E-state index contributed by atoms with van der Waals surface area (Å²) >= 11 is 6.06. The fraction of sp³-hybridized carbons (Fsp3) is 0.130. The summed E-state index contributed by atoms with van der Waals surface area (Å²) in [7, 11) is 1.38. The first-order valence-electron chi connectivity index (χ1n) is 9.01. The van der Waals surface area contributed by atoms with Crippen LogP contribution >= 0.6 is 11.6 Å². The van der Waals surface area contributed by atoms with Crippen molar-refractivity contribution in [3.8, 4) is 5.75 Å². The summed E-state index contributed by atoms with van der Waals surface area (Å²) in [5.41, 5.74) is 1.08. The number of carbonyl (C=O) groups is 2. The number of carbonyl (C=O) groups excluding carboxylic acids is 2. The number of methoxy groups -OCH3 is 1. The van der Waals surface area contributed by atoms with E-state index >= 15 is 0 Å². The number of rotatable bonds is 7. The van der Waals surface area contributed by atoms with Crippen molar-refractivity contribution in [1.82, 2.24) is 0 Å². The number of Topliss-reactive ketones (excluding diaryl/α,β-unsaturated/α-hetero) is 2. The minimum Gasteiger partial charge on any atom is -0.406 e. The molecule has 3 aromatic carbocycles. The second kappa shape index (κ2) is 9.32. The third-order valence-corrected chi connectivity index (χ3v) is 4.67. The predicted octanol–water partition coefficient (Wildman–Crippen LogP) is 6.04. The van der Waals surface area contributed by atoms with Crippen LogP contribution in [-0.4, -0.2) is 25.0 Å². The maximum absolute atomic E-state index is 13.0. The monoisotopic (exact) mass is 448 g/mol. The highest BCUT2D eigenvalue weighted by Crippen LogP contribution is 2.32. The van der Waals surface area contributed by atoms with Gasteiger partial charge in [-0.3, -0.25) is 9.59 Å². The standard InChI is InChI=1S/C23H16ClF3O4/c1-30-22(15-7-10-17(11-8-15)31-23(25,26)27)18-12-9-16(24)13-19(18)21(29)20(28)14-5-3-2-4-6-14/h2-13,22H,1H3. The first-order chi connectivity index (χ1) is 14.7. The summed E-state index contributed by atoms with van der Waals surface area (Å²) in [6.07, 6.45) is -5.64. The average molecular weight is 449 g/mol. The van der Waals surface area contributed by atoms with Crippen molar-refractivity contribution in [3.63, 3.8) is 0 Å². The molecule has 0 spiro atoms. The number of ether oxygens (including phenoxy) is 2. The number of hydrogen-bond acceptors (Lipinski definition) is 4. The molecule has 0 aliphatic heterocycles. The minimum absolute atomic E-state index is 0.0452.